The molecule has 0 unspecified atom stereocenters. The molecule has 0 bridgehead atoms. The molecule has 0 radical (unpaired) electrons. The van der Waals surface area contributed by atoms with Crippen LogP contribution in [-0.4, -0.2) is 12.6 Å². The smallest absolute Gasteiger partial charge is 0.418 e. The molecule has 0 aromatic heterocycles. The molecule has 1 rings (SSSR count). The van der Waals surface area contributed by atoms with Crippen LogP contribution in [0.1, 0.15) is 28.4 Å². The summed E-state index contributed by atoms with van der Waals surface area (Å²) in [5.74, 6) is -1.16. The third-order valence-corrected chi connectivity index (χ3v) is 2.70. The zero-order valence-electron chi connectivity index (χ0n) is 9.14. The fourth-order valence-electron chi connectivity index (χ4n) is 1.36. The highest BCUT2D eigenvalue weighted by molar-refractivity contribution is 9.10. The predicted molar refractivity (Wildman–Crippen MR) is 59.8 cm³/mol. The number of alkyl halides is 3. The Morgan fingerprint density at radius 3 is 2.56 bits per heavy atom. The molecule has 7 heteroatoms. The van der Waals surface area contributed by atoms with Crippen molar-refractivity contribution in [3.05, 3.63) is 33.3 Å². The van der Waals surface area contributed by atoms with Gasteiger partial charge in [-0.25, -0.2) is 4.79 Å². The third kappa shape index (κ3) is 2.82. The van der Waals surface area contributed by atoms with Crippen molar-refractivity contribution in [1.29, 1.82) is 5.26 Å². The second-order valence-electron chi connectivity index (χ2n) is 3.17. The van der Waals surface area contributed by atoms with Crippen molar-refractivity contribution < 1.29 is 22.7 Å². The number of nitriles is 1. The van der Waals surface area contributed by atoms with E-state index >= 15 is 0 Å². The molecule has 1 aromatic carbocycles. The van der Waals surface area contributed by atoms with E-state index in [-0.39, 0.29) is 16.6 Å². The van der Waals surface area contributed by atoms with Crippen LogP contribution in [0.3, 0.4) is 0 Å². The van der Waals surface area contributed by atoms with Gasteiger partial charge in [0.1, 0.15) is 6.07 Å². The van der Waals surface area contributed by atoms with E-state index in [1.165, 1.54) is 6.92 Å². The first-order valence-corrected chi connectivity index (χ1v) is 5.59. The van der Waals surface area contributed by atoms with E-state index < -0.39 is 23.3 Å². The van der Waals surface area contributed by atoms with E-state index in [1.807, 2.05) is 0 Å². The Balaban J connectivity index is 3.58. The van der Waals surface area contributed by atoms with E-state index in [0.717, 1.165) is 12.1 Å². The fourth-order valence-corrected chi connectivity index (χ4v) is 1.92. The minimum atomic E-state index is -4.76. The first-order valence-electron chi connectivity index (χ1n) is 4.79. The van der Waals surface area contributed by atoms with Gasteiger partial charge in [0.15, 0.2) is 0 Å². The Kier molecular flexibility index (Phi) is 4.35. The van der Waals surface area contributed by atoms with Crippen LogP contribution in [0.4, 0.5) is 13.2 Å². The number of nitrogens with zero attached hydrogens (tertiary/aromatic N) is 1. The molecule has 0 aliphatic heterocycles. The van der Waals surface area contributed by atoms with Crippen LogP contribution in [-0.2, 0) is 10.9 Å². The standard InChI is InChI=1S/C11H7BrF3NO2/c1-2-18-10(17)8-6(5-16)3-4-7(12)9(8)11(13,14)15/h3-4H,2H2,1H3. The van der Waals surface area contributed by atoms with Gasteiger partial charge in [-0.1, -0.05) is 15.9 Å². The second-order valence-corrected chi connectivity index (χ2v) is 4.03. The zero-order valence-corrected chi connectivity index (χ0v) is 10.7. The minimum absolute atomic E-state index is 0.0759. The van der Waals surface area contributed by atoms with Gasteiger partial charge in [0.25, 0.3) is 0 Å². The van der Waals surface area contributed by atoms with Gasteiger partial charge in [-0.05, 0) is 19.1 Å². The van der Waals surface area contributed by atoms with Crippen molar-refractivity contribution in [3.63, 3.8) is 0 Å². The summed E-state index contributed by atoms with van der Waals surface area (Å²) in [6.45, 7) is 1.39. The molecule has 0 fully saturated rings. The Hall–Kier alpha value is -1.55. The van der Waals surface area contributed by atoms with Gasteiger partial charge < -0.3 is 4.74 Å². The van der Waals surface area contributed by atoms with E-state index in [1.54, 1.807) is 6.07 Å². The molecule has 18 heavy (non-hydrogen) atoms. The maximum absolute atomic E-state index is 12.9. The quantitative estimate of drug-likeness (QED) is 0.783. The SMILES string of the molecule is CCOC(=O)c1c(C#N)ccc(Br)c1C(F)(F)F. The number of halogens is 4. The molecule has 0 amide bonds. The molecule has 0 N–H and O–H groups in total. The number of benzene rings is 1. The molecule has 0 aliphatic carbocycles. The Morgan fingerprint density at radius 2 is 2.11 bits per heavy atom. The predicted octanol–water partition coefficient (Wildman–Crippen LogP) is 3.52. The van der Waals surface area contributed by atoms with Gasteiger partial charge in [-0.3, -0.25) is 0 Å². The molecular weight excluding hydrogens is 315 g/mol. The van der Waals surface area contributed by atoms with Crippen molar-refractivity contribution in [2.24, 2.45) is 0 Å². The maximum Gasteiger partial charge on any atom is 0.418 e. The average molecular weight is 322 g/mol. The normalized spacial score (nSPS) is 10.9. The van der Waals surface area contributed by atoms with Gasteiger partial charge >= 0.3 is 12.1 Å². The van der Waals surface area contributed by atoms with Crippen LogP contribution in [0.2, 0.25) is 0 Å². The van der Waals surface area contributed by atoms with Crippen LogP contribution in [0.25, 0.3) is 0 Å². The highest BCUT2D eigenvalue weighted by Gasteiger charge is 2.39. The molecule has 0 aliphatic rings. The summed E-state index contributed by atoms with van der Waals surface area (Å²) in [4.78, 5) is 11.5. The molecule has 0 heterocycles. The number of ether oxygens (including phenoxy) is 1. The van der Waals surface area contributed by atoms with Gasteiger partial charge in [-0.2, -0.15) is 18.4 Å². The molecule has 0 spiro atoms. The van der Waals surface area contributed by atoms with Crippen LogP contribution >= 0.6 is 15.9 Å². The number of hydrogen-bond donors (Lipinski definition) is 0. The van der Waals surface area contributed by atoms with Gasteiger partial charge in [0, 0.05) is 4.47 Å². The number of rotatable bonds is 2. The number of carbonyl (C=O) groups excluding carboxylic acids is 1. The minimum Gasteiger partial charge on any atom is -0.462 e. The van der Waals surface area contributed by atoms with E-state index in [2.05, 4.69) is 20.7 Å². The fraction of sp³-hybridized carbons (Fsp3) is 0.273. The largest absolute Gasteiger partial charge is 0.462 e. The summed E-state index contributed by atoms with van der Waals surface area (Å²) in [7, 11) is 0. The first-order chi connectivity index (χ1) is 8.32. The first kappa shape index (κ1) is 14.5. The topological polar surface area (TPSA) is 50.1 Å². The molecule has 1 aromatic rings. The highest BCUT2D eigenvalue weighted by Crippen LogP contribution is 2.38. The summed E-state index contributed by atoms with van der Waals surface area (Å²) < 4.78 is 42.9. The molecule has 96 valence electrons. The van der Waals surface area contributed by atoms with Gasteiger partial charge in [0.2, 0.25) is 0 Å². The summed E-state index contributed by atoms with van der Waals surface area (Å²) in [6, 6.07) is 3.76. The monoisotopic (exact) mass is 321 g/mol. The number of carbonyl (C=O) groups is 1. The Bertz CT molecular complexity index is 520. The Labute approximate surface area is 109 Å². The van der Waals surface area contributed by atoms with Crippen molar-refractivity contribution in [2.45, 2.75) is 13.1 Å². The Morgan fingerprint density at radius 1 is 1.50 bits per heavy atom. The molecule has 0 atom stereocenters. The molecule has 0 saturated heterocycles. The van der Waals surface area contributed by atoms with Crippen molar-refractivity contribution >= 4 is 21.9 Å². The number of esters is 1. The molecule has 3 nitrogen and oxygen atoms in total. The van der Waals surface area contributed by atoms with Gasteiger partial charge in [-0.15, -0.1) is 0 Å². The number of hydrogen-bond acceptors (Lipinski definition) is 3. The maximum atomic E-state index is 12.9. The lowest BCUT2D eigenvalue weighted by molar-refractivity contribution is -0.138. The van der Waals surface area contributed by atoms with E-state index in [9.17, 15) is 18.0 Å². The van der Waals surface area contributed by atoms with E-state index in [4.69, 9.17) is 5.26 Å². The lowest BCUT2D eigenvalue weighted by atomic mass is 10.0. The highest BCUT2D eigenvalue weighted by atomic mass is 79.9. The van der Waals surface area contributed by atoms with Crippen molar-refractivity contribution in [3.8, 4) is 6.07 Å². The molecular formula is C11H7BrF3NO2. The average Bonchev–Trinajstić information content (AvgIpc) is 2.27. The summed E-state index contributed by atoms with van der Waals surface area (Å²) in [5.41, 5.74) is -2.33. The van der Waals surface area contributed by atoms with Crippen molar-refractivity contribution in [1.82, 2.24) is 0 Å². The third-order valence-electron chi connectivity index (χ3n) is 2.04. The van der Waals surface area contributed by atoms with Crippen LogP contribution < -0.4 is 0 Å². The summed E-state index contributed by atoms with van der Waals surface area (Å²) >= 11 is 2.73. The zero-order chi connectivity index (χ0) is 13.9. The van der Waals surface area contributed by atoms with Crippen molar-refractivity contribution in [2.75, 3.05) is 6.61 Å². The molecule has 0 saturated carbocycles. The van der Waals surface area contributed by atoms with Crippen LogP contribution in [0, 0.1) is 11.3 Å². The summed E-state index contributed by atoms with van der Waals surface area (Å²) in [5, 5.41) is 8.78. The van der Waals surface area contributed by atoms with Crippen LogP contribution in [0.15, 0.2) is 16.6 Å². The lowest BCUT2D eigenvalue weighted by Crippen LogP contribution is -2.17. The lowest BCUT2D eigenvalue weighted by Gasteiger charge is -2.14. The van der Waals surface area contributed by atoms with Crippen LogP contribution in [0.5, 0.6) is 0 Å². The summed E-state index contributed by atoms with van der Waals surface area (Å²) in [6.07, 6.45) is -4.76. The van der Waals surface area contributed by atoms with E-state index in [0.29, 0.717) is 0 Å². The second kappa shape index (κ2) is 5.40. The van der Waals surface area contributed by atoms with Gasteiger partial charge in [0.05, 0.1) is 23.3 Å².